The number of hydrogen-bond donors (Lipinski definition) is 2. The van der Waals surface area contributed by atoms with Gasteiger partial charge >= 0.3 is 0 Å². The van der Waals surface area contributed by atoms with Gasteiger partial charge in [-0.2, -0.15) is 5.26 Å². The molecule has 27 heavy (non-hydrogen) atoms. The number of carbonyl (C=O) groups is 1. The van der Waals surface area contributed by atoms with Gasteiger partial charge in [0.25, 0.3) is 5.91 Å². The molecule has 1 amide bonds. The van der Waals surface area contributed by atoms with E-state index in [1.165, 1.54) is 6.20 Å². The van der Waals surface area contributed by atoms with Gasteiger partial charge in [0.05, 0.1) is 18.4 Å². The molecule has 0 aliphatic carbocycles. The fraction of sp³-hybridized carbons (Fsp3) is 0.278. The number of nitriles is 1. The molecule has 1 aromatic carbocycles. The molecule has 0 spiro atoms. The number of amides is 1. The van der Waals surface area contributed by atoms with Crippen molar-refractivity contribution in [3.8, 4) is 6.07 Å². The molecule has 0 saturated carbocycles. The predicted octanol–water partition coefficient (Wildman–Crippen LogP) is 3.00. The van der Waals surface area contributed by atoms with Gasteiger partial charge in [0.2, 0.25) is 0 Å². The van der Waals surface area contributed by atoms with E-state index in [4.69, 9.17) is 9.26 Å². The first-order chi connectivity index (χ1) is 13.0. The van der Waals surface area contributed by atoms with E-state index in [2.05, 4.69) is 10.5 Å². The average molecular weight is 388 g/mol. The molecule has 2 aromatic rings. The van der Waals surface area contributed by atoms with Crippen molar-refractivity contribution in [2.45, 2.75) is 11.8 Å². The summed E-state index contributed by atoms with van der Waals surface area (Å²) in [5.41, 5.74) is 0.290. The minimum absolute atomic E-state index is 0.201. The molecule has 0 saturated heterocycles. The summed E-state index contributed by atoms with van der Waals surface area (Å²) in [5.74, 6) is -0.874. The number of rotatable bonds is 8. The molecule has 8 nitrogen and oxygen atoms in total. The van der Waals surface area contributed by atoms with Crippen LogP contribution in [0.4, 0.5) is 5.69 Å². The van der Waals surface area contributed by atoms with Crippen molar-refractivity contribution in [2.24, 2.45) is 0 Å². The number of hydrogen-bond acceptors (Lipinski definition) is 8. The highest BCUT2D eigenvalue weighted by molar-refractivity contribution is 7.97. The summed E-state index contributed by atoms with van der Waals surface area (Å²) >= 11 is 1.55. The lowest BCUT2D eigenvalue weighted by atomic mass is 10.1. The molecule has 1 aromatic heterocycles. The molecule has 0 aliphatic rings. The van der Waals surface area contributed by atoms with Gasteiger partial charge < -0.3 is 19.7 Å². The van der Waals surface area contributed by atoms with Crippen molar-refractivity contribution >= 4 is 29.3 Å². The number of benzene rings is 1. The number of anilines is 1. The van der Waals surface area contributed by atoms with Crippen LogP contribution in [0.3, 0.4) is 0 Å². The molecule has 0 fully saturated rings. The van der Waals surface area contributed by atoms with Gasteiger partial charge in [0.1, 0.15) is 11.8 Å². The molecule has 142 valence electrons. The second-order valence-corrected chi connectivity index (χ2v) is 6.82. The van der Waals surface area contributed by atoms with Crippen LogP contribution in [0, 0.1) is 18.3 Å². The van der Waals surface area contributed by atoms with Gasteiger partial charge in [-0.05, 0) is 50.2 Å². The monoisotopic (exact) mass is 388 g/mol. The molecule has 0 aliphatic heterocycles. The molecule has 2 N–H and O–H groups in total. The molecule has 2 rings (SSSR count). The van der Waals surface area contributed by atoms with Crippen LogP contribution < -0.4 is 5.32 Å². The molecule has 1 heterocycles. The van der Waals surface area contributed by atoms with E-state index in [9.17, 15) is 15.2 Å². The van der Waals surface area contributed by atoms with Crippen LogP contribution in [0.25, 0.3) is 5.76 Å². The van der Waals surface area contributed by atoms with Crippen molar-refractivity contribution < 1.29 is 19.2 Å². The first kappa shape index (κ1) is 20.5. The van der Waals surface area contributed by atoms with Crippen LogP contribution in [0.5, 0.6) is 0 Å². The SMILES string of the molecule is COCCN(C)Sc1ccc(NC(=O)/C(C#N)=C(\O)c2cnoc2C)cc1. The van der Waals surface area contributed by atoms with Gasteiger partial charge in [0, 0.05) is 24.2 Å². The zero-order chi connectivity index (χ0) is 19.8. The quantitative estimate of drug-likeness (QED) is 0.307. The Morgan fingerprint density at radius 2 is 2.15 bits per heavy atom. The second-order valence-electron chi connectivity index (χ2n) is 5.55. The summed E-state index contributed by atoms with van der Waals surface area (Å²) in [5, 5.41) is 25.6. The number of aliphatic hydroxyl groups is 1. The lowest BCUT2D eigenvalue weighted by Gasteiger charge is -2.15. The Bertz CT molecular complexity index is 855. The number of aryl methyl sites for hydroxylation is 1. The summed E-state index contributed by atoms with van der Waals surface area (Å²) in [7, 11) is 3.61. The number of nitrogens with one attached hydrogen (secondary N) is 1. The number of aromatic nitrogens is 1. The van der Waals surface area contributed by atoms with Gasteiger partial charge in [-0.1, -0.05) is 5.16 Å². The average Bonchev–Trinajstić information content (AvgIpc) is 3.08. The number of ether oxygens (including phenoxy) is 1. The van der Waals surface area contributed by atoms with Gasteiger partial charge in [-0.3, -0.25) is 4.79 Å². The first-order valence-electron chi connectivity index (χ1n) is 8.00. The molecule has 0 radical (unpaired) electrons. The van der Waals surface area contributed by atoms with E-state index >= 15 is 0 Å². The van der Waals surface area contributed by atoms with Crippen molar-refractivity contribution in [1.29, 1.82) is 5.26 Å². The van der Waals surface area contributed by atoms with Crippen LogP contribution in [-0.4, -0.2) is 47.8 Å². The van der Waals surface area contributed by atoms with E-state index in [1.54, 1.807) is 44.2 Å². The number of carbonyl (C=O) groups excluding carboxylic acids is 1. The third kappa shape index (κ3) is 5.59. The van der Waals surface area contributed by atoms with E-state index in [0.717, 1.165) is 11.4 Å². The molecule has 0 bridgehead atoms. The third-order valence-corrected chi connectivity index (χ3v) is 4.54. The number of aliphatic hydroxyl groups excluding tert-OH is 1. The summed E-state index contributed by atoms with van der Waals surface area (Å²) in [6.07, 6.45) is 1.25. The summed E-state index contributed by atoms with van der Waals surface area (Å²) < 4.78 is 11.9. The Morgan fingerprint density at radius 1 is 1.44 bits per heavy atom. The minimum atomic E-state index is -0.715. The largest absolute Gasteiger partial charge is 0.506 e. The van der Waals surface area contributed by atoms with Gasteiger partial charge in [-0.15, -0.1) is 0 Å². The highest BCUT2D eigenvalue weighted by Crippen LogP contribution is 2.24. The molecular formula is C18H20N4O4S. The van der Waals surface area contributed by atoms with Crippen LogP contribution >= 0.6 is 11.9 Å². The summed E-state index contributed by atoms with van der Waals surface area (Å²) in [6, 6.07) is 8.87. The first-order valence-corrected chi connectivity index (χ1v) is 8.78. The van der Waals surface area contributed by atoms with Crippen molar-refractivity contribution in [2.75, 3.05) is 32.6 Å². The van der Waals surface area contributed by atoms with Crippen molar-refractivity contribution in [3.63, 3.8) is 0 Å². The summed E-state index contributed by atoms with van der Waals surface area (Å²) in [4.78, 5) is 13.3. The molecular weight excluding hydrogens is 368 g/mol. The lowest BCUT2D eigenvalue weighted by Crippen LogP contribution is -2.16. The lowest BCUT2D eigenvalue weighted by molar-refractivity contribution is -0.112. The van der Waals surface area contributed by atoms with E-state index in [0.29, 0.717) is 18.1 Å². The molecule has 9 heteroatoms. The van der Waals surface area contributed by atoms with Crippen LogP contribution in [0.15, 0.2) is 45.5 Å². The van der Waals surface area contributed by atoms with Gasteiger partial charge in [0.15, 0.2) is 11.3 Å². The van der Waals surface area contributed by atoms with E-state index < -0.39 is 17.2 Å². The second kappa shape index (κ2) is 9.78. The van der Waals surface area contributed by atoms with Crippen molar-refractivity contribution in [1.82, 2.24) is 9.46 Å². The fourth-order valence-corrected chi connectivity index (χ4v) is 2.89. The number of methoxy groups -OCH3 is 1. The Balaban J connectivity index is 2.06. The van der Waals surface area contributed by atoms with Crippen molar-refractivity contribution in [3.05, 3.63) is 47.4 Å². The van der Waals surface area contributed by atoms with Crippen LogP contribution in [0.2, 0.25) is 0 Å². The Labute approximate surface area is 161 Å². The Hall–Kier alpha value is -2.80. The zero-order valence-electron chi connectivity index (χ0n) is 15.2. The topological polar surface area (TPSA) is 112 Å². The van der Waals surface area contributed by atoms with E-state index in [1.807, 2.05) is 23.5 Å². The number of likely N-dealkylation sites (N-methyl/N-ethyl adjacent to an activating group) is 1. The molecule has 0 atom stereocenters. The van der Waals surface area contributed by atoms with Gasteiger partial charge in [-0.25, -0.2) is 4.31 Å². The molecule has 0 unspecified atom stereocenters. The maximum absolute atomic E-state index is 12.3. The standard InChI is InChI=1S/C18H20N4O4S/c1-12-16(11-20-26-12)17(23)15(10-19)18(24)21-13-4-6-14(7-5-13)27-22(2)8-9-25-3/h4-7,11,23H,8-9H2,1-3H3,(H,21,24)/b17-15-. The third-order valence-electron chi connectivity index (χ3n) is 3.57. The zero-order valence-corrected chi connectivity index (χ0v) is 16.0. The maximum atomic E-state index is 12.3. The Morgan fingerprint density at radius 3 is 2.70 bits per heavy atom. The highest BCUT2D eigenvalue weighted by Gasteiger charge is 2.20. The van der Waals surface area contributed by atoms with Crippen LogP contribution in [-0.2, 0) is 9.53 Å². The fourth-order valence-electron chi connectivity index (χ4n) is 2.11. The summed E-state index contributed by atoms with van der Waals surface area (Å²) in [6.45, 7) is 2.99. The van der Waals surface area contributed by atoms with E-state index in [-0.39, 0.29) is 5.56 Å². The Kier molecular flexibility index (Phi) is 7.43. The minimum Gasteiger partial charge on any atom is -0.506 e. The normalized spacial score (nSPS) is 11.8. The smallest absolute Gasteiger partial charge is 0.270 e. The predicted molar refractivity (Wildman–Crippen MR) is 102 cm³/mol. The number of nitrogens with zero attached hydrogens (tertiary/aromatic N) is 3. The van der Waals surface area contributed by atoms with Crippen LogP contribution in [0.1, 0.15) is 11.3 Å². The maximum Gasteiger partial charge on any atom is 0.270 e. The highest BCUT2D eigenvalue weighted by atomic mass is 32.2.